The second-order valence-corrected chi connectivity index (χ2v) is 5.56. The highest BCUT2D eigenvalue weighted by atomic mass is 16.5. The van der Waals surface area contributed by atoms with Gasteiger partial charge in [-0.2, -0.15) is 0 Å². The van der Waals surface area contributed by atoms with Crippen molar-refractivity contribution in [2.24, 2.45) is 0 Å². The molecule has 4 heteroatoms. The Morgan fingerprint density at radius 2 is 1.95 bits per heavy atom. The van der Waals surface area contributed by atoms with Gasteiger partial charge < -0.3 is 10.1 Å². The van der Waals surface area contributed by atoms with Gasteiger partial charge in [-0.15, -0.1) is 0 Å². The van der Waals surface area contributed by atoms with Gasteiger partial charge in [-0.25, -0.2) is 0 Å². The molecule has 0 atom stereocenters. The molecule has 0 radical (unpaired) electrons. The lowest BCUT2D eigenvalue weighted by Gasteiger charge is -2.50. The van der Waals surface area contributed by atoms with Gasteiger partial charge in [0.25, 0.3) is 5.91 Å². The molecule has 2 heterocycles. The third-order valence-corrected chi connectivity index (χ3v) is 3.98. The minimum absolute atomic E-state index is 0.0961. The van der Waals surface area contributed by atoms with E-state index in [1.54, 1.807) is 0 Å². The maximum Gasteiger partial charge on any atom is 0.260 e. The largest absolute Gasteiger partial charge is 0.467 e. The van der Waals surface area contributed by atoms with Crippen LogP contribution in [0.3, 0.4) is 0 Å². The number of para-hydroxylation sites is 1. The van der Waals surface area contributed by atoms with Crippen LogP contribution in [-0.4, -0.2) is 35.7 Å². The lowest BCUT2D eigenvalue weighted by molar-refractivity contribution is -0.106. The molecule has 1 aromatic rings. The number of nitrogens with one attached hydrogen (secondary N) is 1. The fourth-order valence-corrected chi connectivity index (χ4v) is 3.17. The second-order valence-electron chi connectivity index (χ2n) is 5.56. The van der Waals surface area contributed by atoms with E-state index in [-0.39, 0.29) is 11.9 Å². The number of nitrogens with zero attached hydrogens (tertiary/aromatic N) is 1. The third-order valence-electron chi connectivity index (χ3n) is 3.98. The highest BCUT2D eigenvalue weighted by Crippen LogP contribution is 2.39. The van der Waals surface area contributed by atoms with Gasteiger partial charge in [0.15, 0.2) is 5.72 Å². The number of carbonyl (C=O) groups excluding carboxylic acids is 1. The van der Waals surface area contributed by atoms with E-state index in [0.29, 0.717) is 5.56 Å². The molecule has 4 nitrogen and oxygen atoms in total. The number of fused-ring (bicyclic) bond motifs is 1. The molecule has 1 spiro atoms. The summed E-state index contributed by atoms with van der Waals surface area (Å²) in [6, 6.07) is 7.69. The number of amides is 1. The maximum atomic E-state index is 12.8. The molecule has 1 fully saturated rings. The van der Waals surface area contributed by atoms with E-state index in [4.69, 9.17) is 4.74 Å². The van der Waals surface area contributed by atoms with Crippen LogP contribution in [0, 0.1) is 0 Å². The van der Waals surface area contributed by atoms with Crippen molar-refractivity contribution in [3.8, 4) is 5.75 Å². The van der Waals surface area contributed by atoms with Crippen LogP contribution < -0.4 is 10.1 Å². The van der Waals surface area contributed by atoms with Gasteiger partial charge in [0.05, 0.1) is 5.56 Å². The van der Waals surface area contributed by atoms with Gasteiger partial charge in [-0.05, 0) is 26.0 Å². The average molecular weight is 260 g/mol. The Hall–Kier alpha value is -1.55. The fourth-order valence-electron chi connectivity index (χ4n) is 3.17. The lowest BCUT2D eigenvalue weighted by Crippen LogP contribution is -2.64. The van der Waals surface area contributed by atoms with Crippen molar-refractivity contribution in [3.05, 3.63) is 29.8 Å². The zero-order chi connectivity index (χ0) is 13.5. The summed E-state index contributed by atoms with van der Waals surface area (Å²) in [4.78, 5) is 14.7. The number of rotatable bonds is 1. The minimum atomic E-state index is -0.467. The van der Waals surface area contributed by atoms with Gasteiger partial charge in [0.1, 0.15) is 5.75 Å². The number of carbonyl (C=O) groups is 1. The van der Waals surface area contributed by atoms with Crippen LogP contribution in [0.1, 0.15) is 37.0 Å². The van der Waals surface area contributed by atoms with E-state index in [1.165, 1.54) is 0 Å². The van der Waals surface area contributed by atoms with Crippen molar-refractivity contribution in [1.29, 1.82) is 0 Å². The van der Waals surface area contributed by atoms with Crippen molar-refractivity contribution in [1.82, 2.24) is 10.2 Å². The number of benzene rings is 1. The molecule has 0 aliphatic carbocycles. The molecule has 1 N–H and O–H groups in total. The first-order valence-corrected chi connectivity index (χ1v) is 6.96. The highest BCUT2D eigenvalue weighted by Gasteiger charge is 2.48. The molecule has 3 rings (SSSR count). The molecule has 0 aromatic heterocycles. The Balaban J connectivity index is 2.07. The molecule has 1 aromatic carbocycles. The first-order chi connectivity index (χ1) is 9.14. The molecule has 0 bridgehead atoms. The van der Waals surface area contributed by atoms with Crippen LogP contribution in [0.5, 0.6) is 5.75 Å². The van der Waals surface area contributed by atoms with E-state index in [9.17, 15) is 4.79 Å². The van der Waals surface area contributed by atoms with Crippen LogP contribution in [0.25, 0.3) is 0 Å². The van der Waals surface area contributed by atoms with E-state index < -0.39 is 5.72 Å². The maximum absolute atomic E-state index is 12.8. The molecule has 0 saturated carbocycles. The molecule has 1 amide bonds. The molecule has 102 valence electrons. The zero-order valence-corrected chi connectivity index (χ0v) is 11.5. The van der Waals surface area contributed by atoms with E-state index in [0.717, 1.165) is 31.7 Å². The van der Waals surface area contributed by atoms with E-state index in [1.807, 2.05) is 29.2 Å². The summed E-state index contributed by atoms with van der Waals surface area (Å²) in [5.74, 6) is 0.824. The lowest BCUT2D eigenvalue weighted by atomic mass is 9.94. The molecule has 1 saturated heterocycles. The molecular weight excluding hydrogens is 240 g/mol. The monoisotopic (exact) mass is 260 g/mol. The first kappa shape index (κ1) is 12.5. The Morgan fingerprint density at radius 1 is 1.26 bits per heavy atom. The molecular formula is C15H20N2O2. The first-order valence-electron chi connectivity index (χ1n) is 6.96. The van der Waals surface area contributed by atoms with Gasteiger partial charge in [0.2, 0.25) is 0 Å². The van der Waals surface area contributed by atoms with Gasteiger partial charge >= 0.3 is 0 Å². The van der Waals surface area contributed by atoms with E-state index in [2.05, 4.69) is 19.2 Å². The summed E-state index contributed by atoms with van der Waals surface area (Å²) < 4.78 is 6.27. The summed E-state index contributed by atoms with van der Waals surface area (Å²) in [5, 5.41) is 3.34. The Morgan fingerprint density at radius 3 is 2.63 bits per heavy atom. The van der Waals surface area contributed by atoms with Crippen LogP contribution in [-0.2, 0) is 0 Å². The number of piperidine rings is 1. The van der Waals surface area contributed by atoms with Crippen LogP contribution in [0.15, 0.2) is 24.3 Å². The van der Waals surface area contributed by atoms with Crippen LogP contribution in [0.4, 0.5) is 0 Å². The Kier molecular flexibility index (Phi) is 2.97. The predicted octanol–water partition coefficient (Wildman–Crippen LogP) is 2.01. The van der Waals surface area contributed by atoms with Crippen molar-refractivity contribution in [2.45, 2.75) is 38.5 Å². The summed E-state index contributed by atoms with van der Waals surface area (Å²) in [6.45, 7) is 5.88. The van der Waals surface area contributed by atoms with Crippen LogP contribution >= 0.6 is 0 Å². The highest BCUT2D eigenvalue weighted by molar-refractivity contribution is 5.98. The quantitative estimate of drug-likeness (QED) is 0.840. The zero-order valence-electron chi connectivity index (χ0n) is 11.5. The van der Waals surface area contributed by atoms with Crippen LogP contribution in [0.2, 0.25) is 0 Å². The molecule has 2 aliphatic rings. The number of hydrogen-bond donors (Lipinski definition) is 1. The Bertz CT molecular complexity index is 493. The molecule has 0 unspecified atom stereocenters. The van der Waals surface area contributed by atoms with Crippen molar-refractivity contribution in [3.63, 3.8) is 0 Å². The minimum Gasteiger partial charge on any atom is -0.467 e. The average Bonchev–Trinajstić information content (AvgIpc) is 2.39. The molecule has 2 aliphatic heterocycles. The van der Waals surface area contributed by atoms with Crippen molar-refractivity contribution < 1.29 is 9.53 Å². The van der Waals surface area contributed by atoms with Gasteiger partial charge in [-0.1, -0.05) is 12.1 Å². The smallest absolute Gasteiger partial charge is 0.260 e. The standard InChI is InChI=1S/C15H20N2O2/c1-11(2)17-14(18)12-5-3-4-6-13(12)19-15(17)7-9-16-10-8-15/h3-6,11,16H,7-10H2,1-2H3. The van der Waals surface area contributed by atoms with Gasteiger partial charge in [0, 0.05) is 32.0 Å². The second kappa shape index (κ2) is 4.53. The van der Waals surface area contributed by atoms with Crippen molar-refractivity contribution >= 4 is 5.91 Å². The Labute approximate surface area is 113 Å². The number of hydrogen-bond acceptors (Lipinski definition) is 3. The predicted molar refractivity (Wildman–Crippen MR) is 73.2 cm³/mol. The fraction of sp³-hybridized carbons (Fsp3) is 0.533. The van der Waals surface area contributed by atoms with Gasteiger partial charge in [-0.3, -0.25) is 9.69 Å². The third kappa shape index (κ3) is 1.91. The summed E-state index contributed by atoms with van der Waals surface area (Å²) in [5.41, 5.74) is 0.213. The van der Waals surface area contributed by atoms with E-state index >= 15 is 0 Å². The summed E-state index contributed by atoms with van der Waals surface area (Å²) in [6.07, 6.45) is 1.68. The SMILES string of the molecule is CC(C)N1C(=O)c2ccccc2OC12CCNCC2. The summed E-state index contributed by atoms with van der Waals surface area (Å²) >= 11 is 0. The van der Waals surface area contributed by atoms with Crippen molar-refractivity contribution in [2.75, 3.05) is 13.1 Å². The number of ether oxygens (including phenoxy) is 1. The molecule has 19 heavy (non-hydrogen) atoms. The normalized spacial score (nSPS) is 21.4. The summed E-state index contributed by atoms with van der Waals surface area (Å²) in [7, 11) is 0. The topological polar surface area (TPSA) is 41.6 Å².